The Hall–Kier alpha value is -1.70. The lowest BCUT2D eigenvalue weighted by molar-refractivity contribution is -0.132. The molecule has 1 aromatic carbocycles. The molecule has 0 spiro atoms. The van der Waals surface area contributed by atoms with Gasteiger partial charge in [-0.25, -0.2) is 0 Å². The van der Waals surface area contributed by atoms with Crippen LogP contribution in [0, 0.1) is 5.92 Å². The zero-order chi connectivity index (χ0) is 16.4. The van der Waals surface area contributed by atoms with Gasteiger partial charge < -0.3 is 10.6 Å². The Balaban J connectivity index is 0.00000208. The number of halogens is 2. The third-order valence-corrected chi connectivity index (χ3v) is 4.40. The van der Waals surface area contributed by atoms with Gasteiger partial charge in [-0.1, -0.05) is 11.6 Å². The second-order valence-electron chi connectivity index (χ2n) is 5.88. The van der Waals surface area contributed by atoms with E-state index in [9.17, 15) is 4.79 Å². The van der Waals surface area contributed by atoms with Crippen molar-refractivity contribution in [1.82, 2.24) is 25.1 Å². The van der Waals surface area contributed by atoms with Crippen LogP contribution in [0.5, 0.6) is 0 Å². The van der Waals surface area contributed by atoms with Crippen molar-refractivity contribution < 1.29 is 4.79 Å². The second kappa shape index (κ2) is 7.92. The molecule has 2 unspecified atom stereocenters. The maximum absolute atomic E-state index is 12.4. The smallest absolute Gasteiger partial charge is 0.246 e. The van der Waals surface area contributed by atoms with E-state index in [-0.39, 0.29) is 30.9 Å². The summed E-state index contributed by atoms with van der Waals surface area (Å²) in [6.07, 6.45) is 0.947. The van der Waals surface area contributed by atoms with Gasteiger partial charge >= 0.3 is 0 Å². The normalized spacial score (nSPS) is 20.0. The number of nitrogens with two attached hydrogens (primary N) is 1. The van der Waals surface area contributed by atoms with Crippen LogP contribution in [0.2, 0.25) is 5.02 Å². The fourth-order valence-electron chi connectivity index (χ4n) is 2.90. The molecule has 2 aromatic rings. The number of benzene rings is 1. The quantitative estimate of drug-likeness (QED) is 0.882. The van der Waals surface area contributed by atoms with Crippen LogP contribution in [-0.2, 0) is 11.3 Å². The van der Waals surface area contributed by atoms with E-state index in [1.165, 1.54) is 4.80 Å². The summed E-state index contributed by atoms with van der Waals surface area (Å²) < 4.78 is 0. The highest BCUT2D eigenvalue weighted by molar-refractivity contribution is 6.30. The predicted octanol–water partition coefficient (Wildman–Crippen LogP) is 1.61. The minimum Gasteiger partial charge on any atom is -0.338 e. The van der Waals surface area contributed by atoms with E-state index in [4.69, 9.17) is 17.3 Å². The van der Waals surface area contributed by atoms with Crippen LogP contribution in [-0.4, -0.2) is 50.1 Å². The average molecular weight is 371 g/mol. The molecule has 1 amide bonds. The Morgan fingerprint density at radius 1 is 1.38 bits per heavy atom. The van der Waals surface area contributed by atoms with Crippen LogP contribution < -0.4 is 5.73 Å². The first-order valence-electron chi connectivity index (χ1n) is 7.60. The number of rotatable bonds is 4. The summed E-state index contributed by atoms with van der Waals surface area (Å²) in [4.78, 5) is 15.6. The van der Waals surface area contributed by atoms with Gasteiger partial charge in [-0.05, 0) is 55.3 Å². The molecule has 2 atom stereocenters. The largest absolute Gasteiger partial charge is 0.338 e. The number of carbonyl (C=O) groups is 1. The van der Waals surface area contributed by atoms with Crippen LogP contribution in [0.25, 0.3) is 11.4 Å². The molecule has 24 heavy (non-hydrogen) atoms. The van der Waals surface area contributed by atoms with Gasteiger partial charge in [0.2, 0.25) is 11.7 Å². The fraction of sp³-hybridized carbons (Fsp3) is 0.467. The molecule has 130 valence electrons. The lowest BCUT2D eigenvalue weighted by Gasteiger charge is -2.20. The van der Waals surface area contributed by atoms with E-state index in [1.807, 2.05) is 24.0 Å². The van der Waals surface area contributed by atoms with E-state index in [2.05, 4.69) is 15.4 Å². The molecule has 1 aliphatic rings. The molecule has 2 heterocycles. The zero-order valence-corrected chi connectivity index (χ0v) is 14.9. The van der Waals surface area contributed by atoms with Crippen molar-refractivity contribution in [3.8, 4) is 11.4 Å². The Morgan fingerprint density at radius 3 is 2.71 bits per heavy atom. The van der Waals surface area contributed by atoms with Crippen LogP contribution in [0.4, 0.5) is 0 Å². The van der Waals surface area contributed by atoms with Crippen molar-refractivity contribution in [2.24, 2.45) is 11.7 Å². The minimum absolute atomic E-state index is 0. The number of likely N-dealkylation sites (tertiary alicyclic amines) is 1. The summed E-state index contributed by atoms with van der Waals surface area (Å²) in [6.45, 7) is 3.44. The molecule has 2 N–H and O–H groups in total. The van der Waals surface area contributed by atoms with Crippen LogP contribution in [0.15, 0.2) is 24.3 Å². The third-order valence-electron chi connectivity index (χ3n) is 4.15. The number of aromatic nitrogens is 4. The lowest BCUT2D eigenvalue weighted by Crippen LogP contribution is -2.37. The summed E-state index contributed by atoms with van der Waals surface area (Å²) in [5.41, 5.74) is 6.51. The number of amides is 1. The summed E-state index contributed by atoms with van der Waals surface area (Å²) in [5.74, 6) is 0.847. The van der Waals surface area contributed by atoms with E-state index in [0.717, 1.165) is 12.0 Å². The Bertz CT molecular complexity index is 690. The van der Waals surface area contributed by atoms with Gasteiger partial charge in [0.05, 0.1) is 0 Å². The standard InChI is InChI=1S/C15H19ClN6O.ClH/c1-10-6-11(7-17)8-21(10)14(23)9-22-19-15(18-20-22)12-2-4-13(16)5-3-12;/h2-5,10-11H,6-9,17H2,1H3;1H. The van der Waals surface area contributed by atoms with Crippen molar-refractivity contribution in [1.29, 1.82) is 0 Å². The topological polar surface area (TPSA) is 89.9 Å². The van der Waals surface area contributed by atoms with E-state index in [0.29, 0.717) is 29.9 Å². The van der Waals surface area contributed by atoms with Crippen LogP contribution >= 0.6 is 24.0 Å². The highest BCUT2D eigenvalue weighted by atomic mass is 35.5. The zero-order valence-electron chi connectivity index (χ0n) is 13.3. The van der Waals surface area contributed by atoms with Gasteiger partial charge in [-0.15, -0.1) is 22.6 Å². The van der Waals surface area contributed by atoms with Crippen LogP contribution in [0.3, 0.4) is 0 Å². The average Bonchev–Trinajstić information content (AvgIpc) is 3.14. The highest BCUT2D eigenvalue weighted by Crippen LogP contribution is 2.22. The first kappa shape index (κ1) is 18.6. The highest BCUT2D eigenvalue weighted by Gasteiger charge is 2.31. The van der Waals surface area contributed by atoms with E-state index < -0.39 is 0 Å². The summed E-state index contributed by atoms with van der Waals surface area (Å²) in [7, 11) is 0. The molecular weight excluding hydrogens is 351 g/mol. The first-order chi connectivity index (χ1) is 11.1. The third kappa shape index (κ3) is 4.03. The Kier molecular flexibility index (Phi) is 6.15. The Labute approximate surface area is 151 Å². The van der Waals surface area contributed by atoms with Gasteiger partial charge in [0.25, 0.3) is 0 Å². The van der Waals surface area contributed by atoms with Crippen molar-refractivity contribution in [3.05, 3.63) is 29.3 Å². The number of carbonyl (C=O) groups excluding carboxylic acids is 1. The van der Waals surface area contributed by atoms with Gasteiger partial charge in [0.15, 0.2) is 0 Å². The van der Waals surface area contributed by atoms with E-state index >= 15 is 0 Å². The first-order valence-corrected chi connectivity index (χ1v) is 7.98. The number of tetrazole rings is 1. The molecule has 0 aliphatic carbocycles. The monoisotopic (exact) mass is 370 g/mol. The molecule has 0 radical (unpaired) electrons. The molecule has 1 aliphatic heterocycles. The maximum Gasteiger partial charge on any atom is 0.246 e. The van der Waals surface area contributed by atoms with Crippen molar-refractivity contribution in [2.45, 2.75) is 25.9 Å². The van der Waals surface area contributed by atoms with Crippen LogP contribution in [0.1, 0.15) is 13.3 Å². The fourth-order valence-corrected chi connectivity index (χ4v) is 3.02. The van der Waals surface area contributed by atoms with Crippen molar-refractivity contribution in [2.75, 3.05) is 13.1 Å². The lowest BCUT2D eigenvalue weighted by atomic mass is 10.1. The number of nitrogens with zero attached hydrogens (tertiary/aromatic N) is 5. The summed E-state index contributed by atoms with van der Waals surface area (Å²) in [6, 6.07) is 7.37. The molecule has 0 saturated carbocycles. The molecule has 1 saturated heterocycles. The molecule has 9 heteroatoms. The Morgan fingerprint density at radius 2 is 2.08 bits per heavy atom. The SMILES string of the molecule is CC1CC(CN)CN1C(=O)Cn1nnc(-c2ccc(Cl)cc2)n1.Cl. The molecule has 3 rings (SSSR count). The van der Waals surface area contributed by atoms with Gasteiger partial charge in [0, 0.05) is 23.2 Å². The molecule has 1 fully saturated rings. The van der Waals surface area contributed by atoms with Crippen molar-refractivity contribution in [3.63, 3.8) is 0 Å². The number of hydrogen-bond acceptors (Lipinski definition) is 5. The predicted molar refractivity (Wildman–Crippen MR) is 93.8 cm³/mol. The van der Waals surface area contributed by atoms with Gasteiger partial charge in [-0.3, -0.25) is 4.79 Å². The molecule has 1 aromatic heterocycles. The van der Waals surface area contributed by atoms with Gasteiger partial charge in [-0.2, -0.15) is 4.80 Å². The number of hydrogen-bond donors (Lipinski definition) is 1. The minimum atomic E-state index is -0.00601. The maximum atomic E-state index is 12.4. The molecule has 0 bridgehead atoms. The second-order valence-corrected chi connectivity index (χ2v) is 6.32. The van der Waals surface area contributed by atoms with Crippen molar-refractivity contribution >= 4 is 29.9 Å². The molecule has 7 nitrogen and oxygen atoms in total. The summed E-state index contributed by atoms with van der Waals surface area (Å²) >= 11 is 5.86. The molecular formula is C15H20Cl2N6O. The van der Waals surface area contributed by atoms with E-state index in [1.54, 1.807) is 12.1 Å². The van der Waals surface area contributed by atoms with Gasteiger partial charge in [0.1, 0.15) is 6.54 Å². The summed E-state index contributed by atoms with van der Waals surface area (Å²) in [5, 5.41) is 12.9.